The van der Waals surface area contributed by atoms with E-state index in [1.807, 2.05) is 0 Å². The lowest BCUT2D eigenvalue weighted by atomic mass is 10.0. The topological polar surface area (TPSA) is 72.9 Å². The van der Waals surface area contributed by atoms with E-state index in [0.717, 1.165) is 25.9 Å². The molecule has 134 valence electrons. The zero-order valence-electron chi connectivity index (χ0n) is 14.4. The van der Waals surface area contributed by atoms with Gasteiger partial charge in [0.2, 0.25) is 5.91 Å². The summed E-state index contributed by atoms with van der Waals surface area (Å²) in [5, 5.41) is 0. The first-order valence-electron chi connectivity index (χ1n) is 8.10. The molecule has 0 bridgehead atoms. The van der Waals surface area contributed by atoms with Crippen LogP contribution >= 0.6 is 0 Å². The number of ether oxygens (including phenoxy) is 2. The van der Waals surface area contributed by atoms with Gasteiger partial charge >= 0.3 is 0 Å². The van der Waals surface area contributed by atoms with E-state index in [1.165, 1.54) is 26.4 Å². The molecular formula is C17H25NO5S. The van der Waals surface area contributed by atoms with Crippen LogP contribution in [0, 0.1) is 5.92 Å². The molecule has 0 aliphatic carbocycles. The number of benzene rings is 1. The van der Waals surface area contributed by atoms with Crippen LogP contribution in [0.1, 0.15) is 26.2 Å². The van der Waals surface area contributed by atoms with Crippen LogP contribution in [0.15, 0.2) is 23.1 Å². The highest BCUT2D eigenvalue weighted by Crippen LogP contribution is 2.30. The Balaban J connectivity index is 2.04. The van der Waals surface area contributed by atoms with Crippen molar-refractivity contribution < 1.29 is 22.7 Å². The summed E-state index contributed by atoms with van der Waals surface area (Å²) in [5.41, 5.74) is 0. The minimum atomic E-state index is -3.55. The maximum atomic E-state index is 12.5. The van der Waals surface area contributed by atoms with Crippen molar-refractivity contribution in [2.45, 2.75) is 31.1 Å². The van der Waals surface area contributed by atoms with E-state index in [2.05, 4.69) is 6.92 Å². The van der Waals surface area contributed by atoms with Gasteiger partial charge in [0.25, 0.3) is 0 Å². The van der Waals surface area contributed by atoms with Crippen molar-refractivity contribution in [2.75, 3.05) is 33.1 Å². The smallest absolute Gasteiger partial charge is 0.223 e. The Morgan fingerprint density at radius 2 is 1.96 bits per heavy atom. The molecule has 1 aliphatic heterocycles. The van der Waals surface area contributed by atoms with Crippen molar-refractivity contribution >= 4 is 15.7 Å². The van der Waals surface area contributed by atoms with Crippen LogP contribution in [0.5, 0.6) is 11.5 Å². The van der Waals surface area contributed by atoms with Crippen molar-refractivity contribution in [1.29, 1.82) is 0 Å². The predicted octanol–water partition coefficient (Wildman–Crippen LogP) is 2.13. The molecule has 0 radical (unpaired) electrons. The Bertz CT molecular complexity index is 686. The largest absolute Gasteiger partial charge is 0.493 e. The number of hydrogen-bond donors (Lipinski definition) is 0. The van der Waals surface area contributed by atoms with Crippen LogP contribution in [0.2, 0.25) is 0 Å². The first kappa shape index (κ1) is 18.6. The summed E-state index contributed by atoms with van der Waals surface area (Å²) in [5.74, 6) is 1.01. The van der Waals surface area contributed by atoms with Crippen LogP contribution in [-0.2, 0) is 14.6 Å². The molecule has 1 heterocycles. The third-order valence-corrected chi connectivity index (χ3v) is 6.02. The van der Waals surface area contributed by atoms with Crippen molar-refractivity contribution in [3.63, 3.8) is 0 Å². The van der Waals surface area contributed by atoms with Crippen LogP contribution in [-0.4, -0.2) is 52.3 Å². The van der Waals surface area contributed by atoms with Gasteiger partial charge in [-0.1, -0.05) is 6.92 Å². The molecule has 7 heteroatoms. The minimum Gasteiger partial charge on any atom is -0.493 e. The van der Waals surface area contributed by atoms with Gasteiger partial charge in [0, 0.05) is 25.6 Å². The first-order chi connectivity index (χ1) is 11.4. The third kappa shape index (κ3) is 4.41. The molecule has 1 aromatic rings. The average Bonchev–Trinajstić information content (AvgIpc) is 2.59. The van der Waals surface area contributed by atoms with Gasteiger partial charge in [-0.2, -0.15) is 0 Å². The summed E-state index contributed by atoms with van der Waals surface area (Å²) in [6.07, 6.45) is 2.10. The standard InChI is InChI=1S/C17H25NO5S/c1-13-5-4-9-18(12-13)17(19)8-10-24(20,21)14-6-7-15(22-2)16(11-14)23-3/h6-7,11,13H,4-5,8-10,12H2,1-3H3. The van der Waals surface area contributed by atoms with Crippen molar-refractivity contribution in [3.05, 3.63) is 18.2 Å². The minimum absolute atomic E-state index is 0.00337. The number of methoxy groups -OCH3 is 2. The third-order valence-electron chi connectivity index (χ3n) is 4.31. The lowest BCUT2D eigenvalue weighted by molar-refractivity contribution is -0.132. The number of carbonyl (C=O) groups excluding carboxylic acids is 1. The number of nitrogens with zero attached hydrogens (tertiary/aromatic N) is 1. The molecule has 0 N–H and O–H groups in total. The number of amides is 1. The quantitative estimate of drug-likeness (QED) is 0.781. The summed E-state index contributed by atoms with van der Waals surface area (Å²) >= 11 is 0. The Morgan fingerprint density at radius 1 is 1.25 bits per heavy atom. The number of hydrogen-bond acceptors (Lipinski definition) is 5. The average molecular weight is 355 g/mol. The lowest BCUT2D eigenvalue weighted by Gasteiger charge is -2.31. The monoisotopic (exact) mass is 355 g/mol. The van der Waals surface area contributed by atoms with Crippen LogP contribution in [0.4, 0.5) is 0 Å². The van der Waals surface area contributed by atoms with Gasteiger partial charge in [0.05, 0.1) is 24.9 Å². The number of rotatable bonds is 6. The second kappa shape index (κ2) is 7.88. The summed E-state index contributed by atoms with van der Waals surface area (Å²) in [6.45, 7) is 3.55. The molecule has 1 amide bonds. The second-order valence-electron chi connectivity index (χ2n) is 6.17. The van der Waals surface area contributed by atoms with Crippen molar-refractivity contribution in [1.82, 2.24) is 4.90 Å². The Morgan fingerprint density at radius 3 is 2.58 bits per heavy atom. The molecule has 1 aliphatic rings. The Labute approximate surface area is 143 Å². The van der Waals surface area contributed by atoms with E-state index >= 15 is 0 Å². The number of carbonyl (C=O) groups is 1. The van der Waals surface area contributed by atoms with E-state index < -0.39 is 9.84 Å². The molecule has 0 saturated carbocycles. The fraction of sp³-hybridized carbons (Fsp3) is 0.588. The normalized spacial score (nSPS) is 18.3. The van der Waals surface area contributed by atoms with Gasteiger partial charge in [0.15, 0.2) is 21.3 Å². The summed E-state index contributed by atoms with van der Waals surface area (Å²) < 4.78 is 35.2. The molecule has 24 heavy (non-hydrogen) atoms. The van der Waals surface area contributed by atoms with E-state index in [-0.39, 0.29) is 23.0 Å². The lowest BCUT2D eigenvalue weighted by Crippen LogP contribution is -2.39. The Kier molecular flexibility index (Phi) is 6.10. The molecule has 1 atom stereocenters. The maximum Gasteiger partial charge on any atom is 0.223 e. The van der Waals surface area contributed by atoms with Crippen LogP contribution < -0.4 is 9.47 Å². The molecular weight excluding hydrogens is 330 g/mol. The predicted molar refractivity (Wildman–Crippen MR) is 91.2 cm³/mol. The van der Waals surface area contributed by atoms with Crippen molar-refractivity contribution in [2.24, 2.45) is 5.92 Å². The number of sulfone groups is 1. The maximum absolute atomic E-state index is 12.5. The van der Waals surface area contributed by atoms with Gasteiger partial charge in [-0.15, -0.1) is 0 Å². The number of piperidine rings is 1. The van der Waals surface area contributed by atoms with E-state index in [4.69, 9.17) is 9.47 Å². The summed E-state index contributed by atoms with van der Waals surface area (Å²) in [6, 6.07) is 4.46. The molecule has 6 nitrogen and oxygen atoms in total. The van der Waals surface area contributed by atoms with E-state index in [9.17, 15) is 13.2 Å². The molecule has 0 aromatic heterocycles. The molecule has 1 fully saturated rings. The van der Waals surface area contributed by atoms with Crippen molar-refractivity contribution in [3.8, 4) is 11.5 Å². The number of likely N-dealkylation sites (tertiary alicyclic amines) is 1. The van der Waals surface area contributed by atoms with Gasteiger partial charge < -0.3 is 14.4 Å². The van der Waals surface area contributed by atoms with Crippen LogP contribution in [0.3, 0.4) is 0 Å². The SMILES string of the molecule is COc1ccc(S(=O)(=O)CCC(=O)N2CCCC(C)C2)cc1OC. The molecule has 1 aromatic carbocycles. The fourth-order valence-corrected chi connectivity index (χ4v) is 4.16. The highest BCUT2D eigenvalue weighted by molar-refractivity contribution is 7.91. The molecule has 2 rings (SSSR count). The molecule has 0 spiro atoms. The zero-order valence-corrected chi connectivity index (χ0v) is 15.3. The second-order valence-corrected chi connectivity index (χ2v) is 8.28. The highest BCUT2D eigenvalue weighted by Gasteiger charge is 2.24. The van der Waals surface area contributed by atoms with Gasteiger partial charge in [0.1, 0.15) is 0 Å². The van der Waals surface area contributed by atoms with Crippen LogP contribution in [0.25, 0.3) is 0 Å². The highest BCUT2D eigenvalue weighted by atomic mass is 32.2. The molecule has 1 unspecified atom stereocenters. The fourth-order valence-electron chi connectivity index (χ4n) is 2.92. The van der Waals surface area contributed by atoms with Gasteiger partial charge in [-0.25, -0.2) is 8.42 Å². The molecule has 1 saturated heterocycles. The van der Waals surface area contributed by atoms with Gasteiger partial charge in [-0.05, 0) is 30.9 Å². The first-order valence-corrected chi connectivity index (χ1v) is 9.75. The van der Waals surface area contributed by atoms with E-state index in [0.29, 0.717) is 17.4 Å². The summed E-state index contributed by atoms with van der Waals surface area (Å²) in [7, 11) is -0.604. The Hall–Kier alpha value is -1.76. The zero-order chi connectivity index (χ0) is 17.7. The van der Waals surface area contributed by atoms with Gasteiger partial charge in [-0.3, -0.25) is 4.79 Å². The van der Waals surface area contributed by atoms with E-state index in [1.54, 1.807) is 11.0 Å². The summed E-state index contributed by atoms with van der Waals surface area (Å²) in [4.78, 5) is 14.2.